The van der Waals surface area contributed by atoms with Crippen LogP contribution in [-0.4, -0.2) is 38.9 Å². The number of nitrogens with two attached hydrogens (primary N) is 1. The van der Waals surface area contributed by atoms with E-state index in [0.717, 1.165) is 16.4 Å². The van der Waals surface area contributed by atoms with Crippen molar-refractivity contribution in [3.63, 3.8) is 0 Å². The second kappa shape index (κ2) is 7.13. The number of carbonyl (C=O) groups excluding carboxylic acids is 1. The molecule has 3 rings (SSSR count). The van der Waals surface area contributed by atoms with E-state index in [-0.39, 0.29) is 22.6 Å². The molecule has 0 radical (unpaired) electrons. The summed E-state index contributed by atoms with van der Waals surface area (Å²) in [6, 6.07) is 6.66. The predicted octanol–water partition coefficient (Wildman–Crippen LogP) is -0.224. The standard InChI is InChI=1S/C14H12N6O4S/c1-23-9-4-2-8(3-5-9)20-11(12(22)24-19-20)10(21)6-25-14-17-7-16-13(15)18-14/h2-5,7H,6H2,1H3,(H2-,15,16,17,18,19,21,22). The van der Waals surface area contributed by atoms with E-state index in [0.29, 0.717) is 11.4 Å². The van der Waals surface area contributed by atoms with Crippen molar-refractivity contribution < 1.29 is 23.8 Å². The summed E-state index contributed by atoms with van der Waals surface area (Å²) in [4.78, 5) is 23.9. The SMILES string of the molecule is COc1ccc(-[n+]2noc([O-])c2C(=O)CSc2ncnc(N)n2)cc1. The first-order valence-corrected chi connectivity index (χ1v) is 7.91. The Balaban J connectivity index is 1.81. The summed E-state index contributed by atoms with van der Waals surface area (Å²) < 4.78 is 10.8. The maximum absolute atomic E-state index is 12.4. The molecule has 1 aromatic carbocycles. The zero-order valence-corrected chi connectivity index (χ0v) is 13.8. The van der Waals surface area contributed by atoms with Gasteiger partial charge in [0.05, 0.1) is 18.1 Å². The van der Waals surface area contributed by atoms with Gasteiger partial charge in [-0.25, -0.2) is 9.97 Å². The Kier molecular flexibility index (Phi) is 4.75. The van der Waals surface area contributed by atoms with Crippen molar-refractivity contribution in [1.29, 1.82) is 0 Å². The number of nitrogens with zero attached hydrogens (tertiary/aromatic N) is 5. The van der Waals surface area contributed by atoms with Gasteiger partial charge >= 0.3 is 5.69 Å². The number of carbonyl (C=O) groups is 1. The number of hydrogen-bond acceptors (Lipinski definition) is 10. The maximum Gasteiger partial charge on any atom is 0.307 e. The first-order valence-electron chi connectivity index (χ1n) is 6.92. The highest BCUT2D eigenvalue weighted by Gasteiger charge is 2.27. The molecule has 25 heavy (non-hydrogen) atoms. The molecule has 10 nitrogen and oxygen atoms in total. The minimum absolute atomic E-state index is 0.0488. The molecule has 0 aliphatic carbocycles. The fourth-order valence-corrected chi connectivity index (χ4v) is 2.62. The van der Waals surface area contributed by atoms with E-state index in [2.05, 4.69) is 24.7 Å². The number of methoxy groups -OCH3 is 1. The third kappa shape index (κ3) is 3.66. The molecule has 0 atom stereocenters. The third-order valence-electron chi connectivity index (χ3n) is 3.09. The molecule has 0 aliphatic heterocycles. The molecular weight excluding hydrogens is 348 g/mol. The Morgan fingerprint density at radius 2 is 2.12 bits per heavy atom. The molecule has 0 fully saturated rings. The summed E-state index contributed by atoms with van der Waals surface area (Å²) in [5.74, 6) is -0.711. The number of anilines is 1. The number of nitrogen functional groups attached to an aromatic ring is 1. The third-order valence-corrected chi connectivity index (χ3v) is 3.95. The maximum atomic E-state index is 12.4. The van der Waals surface area contributed by atoms with E-state index >= 15 is 0 Å². The molecule has 0 spiro atoms. The monoisotopic (exact) mass is 360 g/mol. The molecule has 2 N–H and O–H groups in total. The number of benzene rings is 1. The number of ether oxygens (including phenoxy) is 1. The summed E-state index contributed by atoms with van der Waals surface area (Å²) in [6.07, 6.45) is 1.24. The predicted molar refractivity (Wildman–Crippen MR) is 83.3 cm³/mol. The summed E-state index contributed by atoms with van der Waals surface area (Å²) >= 11 is 1.03. The summed E-state index contributed by atoms with van der Waals surface area (Å²) in [5.41, 5.74) is 5.75. The van der Waals surface area contributed by atoms with Crippen LogP contribution in [0.4, 0.5) is 5.95 Å². The van der Waals surface area contributed by atoms with Gasteiger partial charge in [0.1, 0.15) is 12.1 Å². The smallest absolute Gasteiger partial charge is 0.307 e. The van der Waals surface area contributed by atoms with E-state index in [1.807, 2.05) is 0 Å². The molecule has 128 valence electrons. The van der Waals surface area contributed by atoms with Crippen LogP contribution in [0.15, 0.2) is 40.3 Å². The van der Waals surface area contributed by atoms with E-state index < -0.39 is 11.7 Å². The largest absolute Gasteiger partial charge is 0.539 e. The first kappa shape index (κ1) is 16.6. The van der Waals surface area contributed by atoms with Crippen LogP contribution in [0.2, 0.25) is 0 Å². The second-order valence-electron chi connectivity index (χ2n) is 4.66. The lowest BCUT2D eigenvalue weighted by atomic mass is 10.2. The van der Waals surface area contributed by atoms with Crippen LogP contribution in [0, 0.1) is 0 Å². The van der Waals surface area contributed by atoms with Gasteiger partial charge in [-0.05, 0) is 16.8 Å². The molecule has 0 unspecified atom stereocenters. The van der Waals surface area contributed by atoms with Crippen molar-refractivity contribution in [2.24, 2.45) is 0 Å². The Morgan fingerprint density at radius 1 is 1.36 bits per heavy atom. The van der Waals surface area contributed by atoms with Crippen molar-refractivity contribution in [3.05, 3.63) is 36.3 Å². The first-order chi connectivity index (χ1) is 12.1. The summed E-state index contributed by atoms with van der Waals surface area (Å²) in [7, 11) is 1.54. The summed E-state index contributed by atoms with van der Waals surface area (Å²) in [6.45, 7) is 0. The lowest BCUT2D eigenvalue weighted by Crippen LogP contribution is -2.39. The zero-order chi connectivity index (χ0) is 17.8. The molecule has 11 heteroatoms. The molecule has 0 amide bonds. The van der Waals surface area contributed by atoms with Gasteiger partial charge in [-0.15, -0.1) is 0 Å². The van der Waals surface area contributed by atoms with E-state index in [1.165, 1.54) is 13.4 Å². The van der Waals surface area contributed by atoms with Gasteiger partial charge in [-0.1, -0.05) is 11.8 Å². The van der Waals surface area contributed by atoms with Crippen LogP contribution in [0.1, 0.15) is 10.5 Å². The molecule has 0 bridgehead atoms. The van der Waals surface area contributed by atoms with E-state index in [4.69, 9.17) is 10.5 Å². The quantitative estimate of drug-likeness (QED) is 0.355. The van der Waals surface area contributed by atoms with Crippen LogP contribution in [0.25, 0.3) is 5.69 Å². The van der Waals surface area contributed by atoms with E-state index in [9.17, 15) is 9.90 Å². The van der Waals surface area contributed by atoms with Gasteiger partial charge in [0, 0.05) is 12.1 Å². The van der Waals surface area contributed by atoms with Gasteiger partial charge in [0.25, 0.3) is 0 Å². The van der Waals surface area contributed by atoms with Crippen molar-refractivity contribution in [1.82, 2.24) is 20.2 Å². The highest BCUT2D eigenvalue weighted by atomic mass is 32.2. The number of ketones is 1. The lowest BCUT2D eigenvalue weighted by Gasteiger charge is -2.00. The topological polar surface area (TPSA) is 144 Å². The van der Waals surface area contributed by atoms with Gasteiger partial charge < -0.3 is 20.1 Å². The number of hydrogen-bond donors (Lipinski definition) is 1. The fraction of sp³-hybridized carbons (Fsp3) is 0.143. The second-order valence-corrected chi connectivity index (χ2v) is 5.60. The van der Waals surface area contributed by atoms with Gasteiger partial charge in [-0.2, -0.15) is 4.98 Å². The van der Waals surface area contributed by atoms with Gasteiger partial charge in [0.2, 0.25) is 17.4 Å². The van der Waals surface area contributed by atoms with Crippen LogP contribution < -0.4 is 20.3 Å². The van der Waals surface area contributed by atoms with Crippen molar-refractivity contribution in [2.45, 2.75) is 5.16 Å². The minimum atomic E-state index is -0.823. The van der Waals surface area contributed by atoms with Gasteiger partial charge in [0.15, 0.2) is 11.1 Å². The van der Waals surface area contributed by atoms with Crippen LogP contribution in [0.3, 0.4) is 0 Å². The van der Waals surface area contributed by atoms with E-state index in [1.54, 1.807) is 24.3 Å². The lowest BCUT2D eigenvalue weighted by molar-refractivity contribution is -0.672. The van der Waals surface area contributed by atoms with Crippen molar-refractivity contribution in [3.8, 4) is 17.4 Å². The highest BCUT2D eigenvalue weighted by molar-refractivity contribution is 7.99. The number of rotatable bonds is 6. The Morgan fingerprint density at radius 3 is 2.80 bits per heavy atom. The fourth-order valence-electron chi connectivity index (χ4n) is 1.94. The molecule has 2 aromatic heterocycles. The molecule has 0 aliphatic rings. The molecule has 0 saturated heterocycles. The Labute approximate surface area is 145 Å². The normalized spacial score (nSPS) is 10.6. The highest BCUT2D eigenvalue weighted by Crippen LogP contribution is 2.18. The molecule has 0 saturated carbocycles. The van der Waals surface area contributed by atoms with Crippen LogP contribution in [-0.2, 0) is 0 Å². The molecule has 3 aromatic rings. The Bertz CT molecular complexity index is 899. The zero-order valence-electron chi connectivity index (χ0n) is 12.9. The molecule has 2 heterocycles. The van der Waals surface area contributed by atoms with Crippen LogP contribution in [0.5, 0.6) is 11.7 Å². The Hall–Kier alpha value is -3.21. The van der Waals surface area contributed by atoms with Crippen molar-refractivity contribution >= 4 is 23.5 Å². The van der Waals surface area contributed by atoms with Crippen molar-refractivity contribution in [2.75, 3.05) is 18.6 Å². The minimum Gasteiger partial charge on any atom is -0.539 e. The number of aromatic nitrogens is 5. The molecular formula is C14H12N6O4S. The number of thioether (sulfide) groups is 1. The summed E-state index contributed by atoms with van der Waals surface area (Å²) in [5, 5.41) is 15.8. The average molecular weight is 360 g/mol. The number of Topliss-reactive ketones (excluding diaryl/α,β-unsaturated/α-hetero) is 1. The average Bonchev–Trinajstić information content (AvgIpc) is 3.01. The van der Waals surface area contributed by atoms with Crippen LogP contribution >= 0.6 is 11.8 Å². The van der Waals surface area contributed by atoms with Gasteiger partial charge in [-0.3, -0.25) is 4.79 Å².